The minimum Gasteiger partial charge on any atom is -0.497 e. The van der Waals surface area contributed by atoms with Gasteiger partial charge in [-0.25, -0.2) is 0 Å². The number of benzene rings is 1. The average molecular weight is 257 g/mol. The van der Waals surface area contributed by atoms with E-state index in [1.165, 1.54) is 0 Å². The van der Waals surface area contributed by atoms with Crippen molar-refractivity contribution in [3.8, 4) is 5.75 Å². The van der Waals surface area contributed by atoms with Gasteiger partial charge in [0.25, 0.3) is 0 Å². The van der Waals surface area contributed by atoms with Crippen LogP contribution in [0.3, 0.4) is 0 Å². The Bertz CT molecular complexity index is 528. The van der Waals surface area contributed by atoms with E-state index in [1.54, 1.807) is 13.3 Å². The Hall–Kier alpha value is -1.91. The molecular formula is C15H19N3O. The molecule has 1 aromatic carbocycles. The van der Waals surface area contributed by atoms with Crippen LogP contribution in [0.15, 0.2) is 42.6 Å². The zero-order valence-corrected chi connectivity index (χ0v) is 11.3. The minimum atomic E-state index is 0.0424. The van der Waals surface area contributed by atoms with Crippen LogP contribution in [0.5, 0.6) is 5.75 Å². The number of aryl methyl sites for hydroxylation is 1. The Balaban J connectivity index is 2.22. The molecule has 0 spiro atoms. The molecule has 1 unspecified atom stereocenters. The van der Waals surface area contributed by atoms with Gasteiger partial charge >= 0.3 is 0 Å². The zero-order chi connectivity index (χ0) is 13.7. The SMILES string of the molecule is COc1ccc(C(Cc2ccccn2)NN)c(C)c1. The number of ether oxygens (including phenoxy) is 1. The number of rotatable bonds is 5. The van der Waals surface area contributed by atoms with Crippen molar-refractivity contribution in [3.63, 3.8) is 0 Å². The number of pyridine rings is 1. The summed E-state index contributed by atoms with van der Waals surface area (Å²) in [4.78, 5) is 4.34. The van der Waals surface area contributed by atoms with Gasteiger partial charge in [0.15, 0.2) is 0 Å². The molecule has 100 valence electrons. The molecule has 0 saturated heterocycles. The highest BCUT2D eigenvalue weighted by Crippen LogP contribution is 2.24. The predicted molar refractivity (Wildman–Crippen MR) is 75.7 cm³/mol. The lowest BCUT2D eigenvalue weighted by Crippen LogP contribution is -2.30. The molecule has 3 N–H and O–H groups in total. The van der Waals surface area contributed by atoms with Crippen molar-refractivity contribution in [1.82, 2.24) is 10.4 Å². The van der Waals surface area contributed by atoms with Gasteiger partial charge in [-0.1, -0.05) is 12.1 Å². The summed E-state index contributed by atoms with van der Waals surface area (Å²) in [7, 11) is 1.67. The van der Waals surface area contributed by atoms with Crippen molar-refractivity contribution in [3.05, 3.63) is 59.4 Å². The molecule has 0 bridgehead atoms. The normalized spacial score (nSPS) is 12.2. The lowest BCUT2D eigenvalue weighted by molar-refractivity contribution is 0.414. The van der Waals surface area contributed by atoms with Gasteiger partial charge in [0.2, 0.25) is 0 Å². The first-order chi connectivity index (χ1) is 9.24. The van der Waals surface area contributed by atoms with Crippen LogP contribution >= 0.6 is 0 Å². The van der Waals surface area contributed by atoms with Crippen LogP contribution in [0.4, 0.5) is 0 Å². The van der Waals surface area contributed by atoms with Crippen molar-refractivity contribution in [2.24, 2.45) is 5.84 Å². The molecule has 0 amide bonds. The van der Waals surface area contributed by atoms with Crippen LogP contribution in [0.2, 0.25) is 0 Å². The third-order valence-corrected chi connectivity index (χ3v) is 3.19. The molecule has 4 nitrogen and oxygen atoms in total. The molecular weight excluding hydrogens is 238 g/mol. The quantitative estimate of drug-likeness (QED) is 0.636. The van der Waals surface area contributed by atoms with Crippen LogP contribution in [0.1, 0.15) is 22.9 Å². The zero-order valence-electron chi connectivity index (χ0n) is 11.3. The van der Waals surface area contributed by atoms with E-state index < -0.39 is 0 Å². The number of methoxy groups -OCH3 is 1. The van der Waals surface area contributed by atoms with E-state index in [4.69, 9.17) is 10.6 Å². The van der Waals surface area contributed by atoms with E-state index in [2.05, 4.69) is 17.3 Å². The second kappa shape index (κ2) is 6.31. The number of hydrogen-bond acceptors (Lipinski definition) is 4. The first kappa shape index (κ1) is 13.5. The third kappa shape index (κ3) is 3.30. The van der Waals surface area contributed by atoms with Gasteiger partial charge in [0.1, 0.15) is 5.75 Å². The number of nitrogens with two attached hydrogens (primary N) is 1. The van der Waals surface area contributed by atoms with E-state index in [1.807, 2.05) is 36.4 Å². The monoisotopic (exact) mass is 257 g/mol. The van der Waals surface area contributed by atoms with E-state index >= 15 is 0 Å². The fourth-order valence-electron chi connectivity index (χ4n) is 2.15. The van der Waals surface area contributed by atoms with E-state index in [-0.39, 0.29) is 6.04 Å². The maximum absolute atomic E-state index is 5.68. The molecule has 1 aromatic heterocycles. The van der Waals surface area contributed by atoms with Gasteiger partial charge < -0.3 is 4.74 Å². The summed E-state index contributed by atoms with van der Waals surface area (Å²) in [6, 6.07) is 11.9. The third-order valence-electron chi connectivity index (χ3n) is 3.19. The Labute approximate surface area is 113 Å². The van der Waals surface area contributed by atoms with Gasteiger partial charge in [-0.3, -0.25) is 16.3 Å². The Morgan fingerprint density at radius 3 is 2.74 bits per heavy atom. The maximum Gasteiger partial charge on any atom is 0.119 e. The standard InChI is InChI=1S/C15H19N3O/c1-11-9-13(19-2)6-7-14(11)15(18-16)10-12-5-3-4-8-17-12/h3-9,15,18H,10,16H2,1-2H3. The number of nitrogens with zero attached hydrogens (tertiary/aromatic N) is 1. The average Bonchev–Trinajstić information content (AvgIpc) is 2.46. The molecule has 0 aliphatic carbocycles. The molecule has 2 rings (SSSR count). The van der Waals surface area contributed by atoms with E-state index in [0.29, 0.717) is 0 Å². The van der Waals surface area contributed by atoms with Gasteiger partial charge in [-0.2, -0.15) is 0 Å². The summed E-state index contributed by atoms with van der Waals surface area (Å²) in [5.74, 6) is 6.54. The largest absolute Gasteiger partial charge is 0.497 e. The predicted octanol–water partition coefficient (Wildman–Crippen LogP) is 2.15. The van der Waals surface area contributed by atoms with Crippen LogP contribution in [0, 0.1) is 6.92 Å². The molecule has 0 fully saturated rings. The number of aromatic nitrogens is 1. The highest BCUT2D eigenvalue weighted by Gasteiger charge is 2.14. The second-order valence-corrected chi connectivity index (χ2v) is 4.47. The molecule has 4 heteroatoms. The van der Waals surface area contributed by atoms with Gasteiger partial charge in [0, 0.05) is 18.3 Å². The lowest BCUT2D eigenvalue weighted by Gasteiger charge is -2.18. The maximum atomic E-state index is 5.68. The summed E-state index contributed by atoms with van der Waals surface area (Å²) in [6.45, 7) is 2.06. The molecule has 1 atom stereocenters. The number of hydrazine groups is 1. The molecule has 0 aliphatic rings. The minimum absolute atomic E-state index is 0.0424. The van der Waals surface area contributed by atoms with Crippen molar-refractivity contribution < 1.29 is 4.74 Å². The molecule has 1 heterocycles. The first-order valence-electron chi connectivity index (χ1n) is 6.25. The Morgan fingerprint density at radius 2 is 2.16 bits per heavy atom. The number of hydrogen-bond donors (Lipinski definition) is 2. The summed E-state index contributed by atoms with van der Waals surface area (Å²) in [5.41, 5.74) is 6.19. The summed E-state index contributed by atoms with van der Waals surface area (Å²) in [6.07, 6.45) is 2.55. The van der Waals surface area contributed by atoms with Crippen molar-refractivity contribution in [2.75, 3.05) is 7.11 Å². The van der Waals surface area contributed by atoms with Gasteiger partial charge in [0.05, 0.1) is 13.2 Å². The van der Waals surface area contributed by atoms with Crippen LogP contribution < -0.4 is 16.0 Å². The van der Waals surface area contributed by atoms with Crippen LogP contribution in [-0.4, -0.2) is 12.1 Å². The summed E-state index contributed by atoms with van der Waals surface area (Å²) in [5, 5.41) is 0. The summed E-state index contributed by atoms with van der Waals surface area (Å²) < 4.78 is 5.22. The molecule has 0 radical (unpaired) electrons. The Morgan fingerprint density at radius 1 is 1.32 bits per heavy atom. The second-order valence-electron chi connectivity index (χ2n) is 4.47. The topological polar surface area (TPSA) is 60.2 Å². The molecule has 0 aliphatic heterocycles. The van der Waals surface area contributed by atoms with E-state index in [0.717, 1.165) is 29.0 Å². The highest BCUT2D eigenvalue weighted by atomic mass is 16.5. The molecule has 19 heavy (non-hydrogen) atoms. The number of nitrogens with one attached hydrogen (secondary N) is 1. The van der Waals surface area contributed by atoms with E-state index in [9.17, 15) is 0 Å². The van der Waals surface area contributed by atoms with Crippen molar-refractivity contribution >= 4 is 0 Å². The van der Waals surface area contributed by atoms with Crippen LogP contribution in [-0.2, 0) is 6.42 Å². The Kier molecular flexibility index (Phi) is 4.49. The van der Waals surface area contributed by atoms with Crippen LogP contribution in [0.25, 0.3) is 0 Å². The van der Waals surface area contributed by atoms with Crippen molar-refractivity contribution in [2.45, 2.75) is 19.4 Å². The fourth-order valence-corrected chi connectivity index (χ4v) is 2.15. The summed E-state index contributed by atoms with van der Waals surface area (Å²) >= 11 is 0. The lowest BCUT2D eigenvalue weighted by atomic mass is 9.97. The highest BCUT2D eigenvalue weighted by molar-refractivity contribution is 5.37. The first-order valence-corrected chi connectivity index (χ1v) is 6.25. The van der Waals surface area contributed by atoms with Crippen molar-refractivity contribution in [1.29, 1.82) is 0 Å². The molecule has 2 aromatic rings. The van der Waals surface area contributed by atoms with Gasteiger partial charge in [-0.05, 0) is 42.3 Å². The smallest absolute Gasteiger partial charge is 0.119 e. The molecule has 0 saturated carbocycles. The fraction of sp³-hybridized carbons (Fsp3) is 0.267. The van der Waals surface area contributed by atoms with Gasteiger partial charge in [-0.15, -0.1) is 0 Å².